The van der Waals surface area contributed by atoms with Crippen molar-refractivity contribution in [1.82, 2.24) is 4.90 Å². The molecule has 1 aliphatic carbocycles. The Labute approximate surface area is 163 Å². The molecule has 2 aromatic carbocycles. The summed E-state index contributed by atoms with van der Waals surface area (Å²) in [6, 6.07) is 11.3. The van der Waals surface area contributed by atoms with Crippen LogP contribution in [0.5, 0.6) is 5.75 Å². The highest BCUT2D eigenvalue weighted by Gasteiger charge is 2.58. The molecule has 4 nitrogen and oxygen atoms in total. The molecule has 148 valence electrons. The predicted molar refractivity (Wildman–Crippen MR) is 103 cm³/mol. The lowest BCUT2D eigenvalue weighted by molar-refractivity contribution is -0.118. The summed E-state index contributed by atoms with van der Waals surface area (Å²) < 4.78 is 33.0. The second-order valence-electron chi connectivity index (χ2n) is 7.78. The Morgan fingerprint density at radius 3 is 2.50 bits per heavy atom. The van der Waals surface area contributed by atoms with Gasteiger partial charge in [0, 0.05) is 18.0 Å². The molecular weight excluding hydrogens is 362 g/mol. The number of hydrogen-bond acceptors (Lipinski definition) is 3. The molecule has 1 atom stereocenters. The Morgan fingerprint density at radius 1 is 1.14 bits per heavy atom. The van der Waals surface area contributed by atoms with Crippen LogP contribution in [-0.2, 0) is 11.3 Å². The van der Waals surface area contributed by atoms with E-state index in [9.17, 15) is 13.6 Å². The van der Waals surface area contributed by atoms with Gasteiger partial charge in [0.15, 0.2) is 0 Å². The summed E-state index contributed by atoms with van der Waals surface area (Å²) in [7, 11) is 1.58. The van der Waals surface area contributed by atoms with E-state index in [1.165, 1.54) is 18.2 Å². The van der Waals surface area contributed by atoms with Gasteiger partial charge in [-0.05, 0) is 62.0 Å². The third-order valence-corrected chi connectivity index (χ3v) is 6.17. The highest BCUT2D eigenvalue weighted by Crippen LogP contribution is 2.59. The summed E-state index contributed by atoms with van der Waals surface area (Å²) in [4.78, 5) is 14.8. The van der Waals surface area contributed by atoms with Gasteiger partial charge in [-0.15, -0.1) is 0 Å². The van der Waals surface area contributed by atoms with Crippen LogP contribution in [0.15, 0.2) is 42.5 Å². The number of methoxy groups -OCH3 is 1. The highest BCUT2D eigenvalue weighted by atomic mass is 19.1. The van der Waals surface area contributed by atoms with E-state index in [2.05, 4.69) is 10.2 Å². The summed E-state index contributed by atoms with van der Waals surface area (Å²) in [6.07, 6.45) is 2.61. The van der Waals surface area contributed by atoms with Crippen molar-refractivity contribution < 1.29 is 18.3 Å². The standard InChI is InChI=1S/C22H24F2N2O2/c1-28-20-8-3-2-7-19(20)25-21(27)16-13-22(16)9-11-26(12-10-22)14-15-17(23)5-4-6-18(15)24/h2-8,16H,9-14H2,1H3,(H,25,27)/t16-/m1/s1. The molecule has 1 spiro atoms. The monoisotopic (exact) mass is 386 g/mol. The van der Waals surface area contributed by atoms with E-state index in [1.807, 2.05) is 24.3 Å². The summed E-state index contributed by atoms with van der Waals surface area (Å²) in [6.45, 7) is 1.76. The molecule has 0 bridgehead atoms. The minimum atomic E-state index is -0.499. The number of rotatable bonds is 5. The molecule has 0 unspecified atom stereocenters. The number of anilines is 1. The Bertz CT molecular complexity index is 858. The van der Waals surface area contributed by atoms with Crippen molar-refractivity contribution in [3.63, 3.8) is 0 Å². The van der Waals surface area contributed by atoms with E-state index in [4.69, 9.17) is 4.74 Å². The first-order valence-corrected chi connectivity index (χ1v) is 9.61. The topological polar surface area (TPSA) is 41.6 Å². The Hall–Kier alpha value is -2.47. The van der Waals surface area contributed by atoms with Crippen LogP contribution in [0.2, 0.25) is 0 Å². The van der Waals surface area contributed by atoms with Crippen LogP contribution in [0.3, 0.4) is 0 Å². The third-order valence-electron chi connectivity index (χ3n) is 6.17. The van der Waals surface area contributed by atoms with Gasteiger partial charge in [0.2, 0.25) is 5.91 Å². The quantitative estimate of drug-likeness (QED) is 0.837. The van der Waals surface area contributed by atoms with E-state index in [1.54, 1.807) is 7.11 Å². The van der Waals surface area contributed by atoms with Crippen LogP contribution in [0.25, 0.3) is 0 Å². The Balaban J connectivity index is 1.34. The normalized spacial score (nSPS) is 20.8. The zero-order valence-electron chi connectivity index (χ0n) is 15.9. The van der Waals surface area contributed by atoms with E-state index in [-0.39, 0.29) is 29.3 Å². The number of likely N-dealkylation sites (tertiary alicyclic amines) is 1. The zero-order valence-corrected chi connectivity index (χ0v) is 15.9. The first kappa shape index (κ1) is 18.9. The van der Waals surface area contributed by atoms with E-state index in [0.717, 1.165) is 32.4 Å². The zero-order chi connectivity index (χ0) is 19.7. The van der Waals surface area contributed by atoms with Gasteiger partial charge in [-0.3, -0.25) is 9.69 Å². The van der Waals surface area contributed by atoms with Crippen molar-refractivity contribution >= 4 is 11.6 Å². The minimum Gasteiger partial charge on any atom is -0.495 e. The average molecular weight is 386 g/mol. The first-order chi connectivity index (χ1) is 13.5. The number of ether oxygens (including phenoxy) is 1. The molecular formula is C22H24F2N2O2. The van der Waals surface area contributed by atoms with Crippen molar-refractivity contribution in [3.05, 3.63) is 59.7 Å². The summed E-state index contributed by atoms with van der Waals surface area (Å²) >= 11 is 0. The molecule has 1 aliphatic heterocycles. The van der Waals surface area contributed by atoms with Gasteiger partial charge in [-0.25, -0.2) is 8.78 Å². The van der Waals surface area contributed by atoms with Crippen LogP contribution in [0, 0.1) is 23.0 Å². The highest BCUT2D eigenvalue weighted by molar-refractivity contribution is 5.96. The molecule has 1 amide bonds. The van der Waals surface area contributed by atoms with E-state index < -0.39 is 11.6 Å². The molecule has 0 radical (unpaired) electrons. The lowest BCUT2D eigenvalue weighted by atomic mass is 9.90. The molecule has 1 N–H and O–H groups in total. The van der Waals surface area contributed by atoms with Crippen LogP contribution in [0.1, 0.15) is 24.8 Å². The molecule has 2 fully saturated rings. The smallest absolute Gasteiger partial charge is 0.228 e. The number of benzene rings is 2. The van der Waals surface area contributed by atoms with Crippen LogP contribution in [0.4, 0.5) is 14.5 Å². The maximum absolute atomic E-state index is 13.9. The van der Waals surface area contributed by atoms with Crippen LogP contribution < -0.4 is 10.1 Å². The maximum atomic E-state index is 13.9. The largest absolute Gasteiger partial charge is 0.495 e. The molecule has 6 heteroatoms. The van der Waals surface area contributed by atoms with Gasteiger partial charge in [0.25, 0.3) is 0 Å². The lowest BCUT2D eigenvalue weighted by Gasteiger charge is -2.33. The number of carbonyl (C=O) groups excluding carboxylic acids is 1. The van der Waals surface area contributed by atoms with Gasteiger partial charge in [0.1, 0.15) is 17.4 Å². The molecule has 1 saturated carbocycles. The van der Waals surface area contributed by atoms with Crippen molar-refractivity contribution in [1.29, 1.82) is 0 Å². The van der Waals surface area contributed by atoms with Gasteiger partial charge >= 0.3 is 0 Å². The van der Waals surface area contributed by atoms with Gasteiger partial charge in [-0.1, -0.05) is 18.2 Å². The first-order valence-electron chi connectivity index (χ1n) is 9.61. The Morgan fingerprint density at radius 2 is 1.82 bits per heavy atom. The van der Waals surface area contributed by atoms with Crippen LogP contribution >= 0.6 is 0 Å². The lowest BCUT2D eigenvalue weighted by Crippen LogP contribution is -2.36. The molecule has 1 heterocycles. The minimum absolute atomic E-state index is 0.00948. The number of nitrogens with zero attached hydrogens (tertiary/aromatic N) is 1. The second kappa shape index (κ2) is 7.51. The number of nitrogens with one attached hydrogen (secondary N) is 1. The molecule has 2 aliphatic rings. The van der Waals surface area contributed by atoms with Gasteiger partial charge < -0.3 is 10.1 Å². The fourth-order valence-corrected chi connectivity index (χ4v) is 4.30. The molecule has 28 heavy (non-hydrogen) atoms. The molecule has 0 aromatic heterocycles. The number of para-hydroxylation sites is 2. The fourth-order valence-electron chi connectivity index (χ4n) is 4.30. The number of halogens is 2. The predicted octanol–water partition coefficient (Wildman–Crippen LogP) is 4.21. The second-order valence-corrected chi connectivity index (χ2v) is 7.78. The fraction of sp³-hybridized carbons (Fsp3) is 0.409. The molecule has 2 aromatic rings. The number of piperidine rings is 1. The number of carbonyl (C=O) groups is 1. The van der Waals surface area contributed by atoms with E-state index in [0.29, 0.717) is 11.4 Å². The van der Waals surface area contributed by atoms with Crippen molar-refractivity contribution in [2.75, 3.05) is 25.5 Å². The van der Waals surface area contributed by atoms with Crippen LogP contribution in [-0.4, -0.2) is 31.0 Å². The Kier molecular flexibility index (Phi) is 5.06. The van der Waals surface area contributed by atoms with E-state index >= 15 is 0 Å². The number of hydrogen-bond donors (Lipinski definition) is 1. The maximum Gasteiger partial charge on any atom is 0.228 e. The average Bonchev–Trinajstić information content (AvgIpc) is 3.40. The van der Waals surface area contributed by atoms with Gasteiger partial charge in [0.05, 0.1) is 12.8 Å². The summed E-state index contributed by atoms with van der Waals surface area (Å²) in [5.41, 5.74) is 0.834. The molecule has 1 saturated heterocycles. The SMILES string of the molecule is COc1ccccc1NC(=O)[C@H]1CC12CCN(Cc1c(F)cccc1F)CC2. The van der Waals surface area contributed by atoms with Crippen molar-refractivity contribution in [2.45, 2.75) is 25.8 Å². The van der Waals surface area contributed by atoms with Crippen molar-refractivity contribution in [3.8, 4) is 5.75 Å². The summed E-state index contributed by atoms with van der Waals surface area (Å²) in [5, 5.41) is 2.98. The number of amides is 1. The van der Waals surface area contributed by atoms with Gasteiger partial charge in [-0.2, -0.15) is 0 Å². The summed E-state index contributed by atoms with van der Waals surface area (Å²) in [5.74, 6) is -0.336. The van der Waals surface area contributed by atoms with Crippen molar-refractivity contribution in [2.24, 2.45) is 11.3 Å². The third kappa shape index (κ3) is 3.61. The molecule has 4 rings (SSSR count).